The molecule has 2 rings (SSSR count). The van der Waals surface area contributed by atoms with Crippen LogP contribution in [0.2, 0.25) is 0 Å². The Morgan fingerprint density at radius 3 is 1.92 bits per heavy atom. The van der Waals surface area contributed by atoms with Crippen LogP contribution in [0.5, 0.6) is 0 Å². The van der Waals surface area contributed by atoms with Gasteiger partial charge in [0.15, 0.2) is 0 Å². The summed E-state index contributed by atoms with van der Waals surface area (Å²) in [5.41, 5.74) is 1.38. The van der Waals surface area contributed by atoms with E-state index < -0.39 is 0 Å². The van der Waals surface area contributed by atoms with E-state index in [1.165, 1.54) is 38.5 Å². The van der Waals surface area contributed by atoms with E-state index in [0.29, 0.717) is 5.41 Å². The van der Waals surface area contributed by atoms with E-state index in [-0.39, 0.29) is 0 Å². The quantitative estimate of drug-likeness (QED) is 0.510. The van der Waals surface area contributed by atoms with Crippen LogP contribution in [-0.4, -0.2) is 0 Å². The predicted octanol–water partition coefficient (Wildman–Crippen LogP) is 4.00. The Balaban J connectivity index is 2.14. The third-order valence-electron chi connectivity index (χ3n) is 4.30. The Bertz CT molecular complexity index is 169. The van der Waals surface area contributed by atoms with E-state index in [2.05, 4.69) is 20.8 Å². The van der Waals surface area contributed by atoms with Crippen LogP contribution >= 0.6 is 0 Å². The first-order valence-corrected chi connectivity index (χ1v) is 5.55. The maximum Gasteiger partial charge on any atom is -0.0264 e. The highest BCUT2D eigenvalue weighted by molar-refractivity contribution is 5.01. The van der Waals surface area contributed by atoms with Gasteiger partial charge in [0, 0.05) is 0 Å². The Labute approximate surface area is 76.7 Å². The van der Waals surface area contributed by atoms with E-state index in [9.17, 15) is 0 Å². The van der Waals surface area contributed by atoms with E-state index in [1.807, 2.05) is 0 Å². The van der Waals surface area contributed by atoms with Gasteiger partial charge in [-0.2, -0.15) is 0 Å². The molecule has 0 heterocycles. The van der Waals surface area contributed by atoms with Crippen LogP contribution in [0.4, 0.5) is 0 Å². The highest BCUT2D eigenvalue weighted by Gasteiger charge is 2.50. The molecule has 2 aliphatic carbocycles. The molecular weight excluding hydrogens is 144 g/mol. The molecule has 0 bridgehead atoms. The topological polar surface area (TPSA) is 0 Å². The number of hydrogen-bond acceptors (Lipinski definition) is 0. The molecule has 12 heavy (non-hydrogen) atoms. The third kappa shape index (κ3) is 1.11. The molecule has 2 aliphatic rings. The molecule has 1 atom stereocenters. The second-order valence-corrected chi connectivity index (χ2v) is 6.03. The van der Waals surface area contributed by atoms with Gasteiger partial charge in [0.1, 0.15) is 0 Å². The van der Waals surface area contributed by atoms with Crippen LogP contribution in [0, 0.1) is 16.7 Å². The lowest BCUT2D eigenvalue weighted by molar-refractivity contribution is 0.0128. The second kappa shape index (κ2) is 2.49. The van der Waals surface area contributed by atoms with Crippen molar-refractivity contribution in [1.82, 2.24) is 0 Å². The van der Waals surface area contributed by atoms with Crippen molar-refractivity contribution in [1.29, 1.82) is 0 Å². The Morgan fingerprint density at radius 1 is 1.00 bits per heavy atom. The summed E-state index contributed by atoms with van der Waals surface area (Å²) in [6.07, 6.45) is 9.12. The van der Waals surface area contributed by atoms with Gasteiger partial charge in [-0.1, -0.05) is 33.6 Å². The van der Waals surface area contributed by atoms with Gasteiger partial charge in [-0.05, 0) is 42.4 Å². The Morgan fingerprint density at radius 2 is 1.58 bits per heavy atom. The zero-order chi connectivity index (χ0) is 8.82. The van der Waals surface area contributed by atoms with Crippen molar-refractivity contribution in [3.63, 3.8) is 0 Å². The maximum absolute atomic E-state index is 2.43. The standard InChI is InChI=1S/C12H22/c1-11(2,3)10-6-4-7-12(10)8-5-9-12/h10H,4-9H2,1-3H3/t10-/m1/s1. The molecule has 1 spiro atoms. The molecule has 0 aliphatic heterocycles. The average molecular weight is 166 g/mol. The van der Waals surface area contributed by atoms with E-state index in [0.717, 1.165) is 11.3 Å². The lowest BCUT2D eigenvalue weighted by Gasteiger charge is -2.49. The molecule has 0 aromatic rings. The van der Waals surface area contributed by atoms with Crippen molar-refractivity contribution in [3.05, 3.63) is 0 Å². The second-order valence-electron chi connectivity index (χ2n) is 6.03. The maximum atomic E-state index is 2.43. The zero-order valence-corrected chi connectivity index (χ0v) is 8.82. The number of rotatable bonds is 0. The minimum Gasteiger partial charge on any atom is -0.0599 e. The van der Waals surface area contributed by atoms with Crippen molar-refractivity contribution < 1.29 is 0 Å². The summed E-state index contributed by atoms with van der Waals surface area (Å²) in [7, 11) is 0. The molecule has 0 nitrogen and oxygen atoms in total. The largest absolute Gasteiger partial charge is 0.0599 e. The van der Waals surface area contributed by atoms with Crippen molar-refractivity contribution >= 4 is 0 Å². The van der Waals surface area contributed by atoms with Gasteiger partial charge in [-0.3, -0.25) is 0 Å². The van der Waals surface area contributed by atoms with E-state index in [1.54, 1.807) is 0 Å². The van der Waals surface area contributed by atoms with Crippen LogP contribution in [0.15, 0.2) is 0 Å². The molecule has 0 aromatic carbocycles. The molecule has 0 unspecified atom stereocenters. The summed E-state index contributed by atoms with van der Waals surface area (Å²) < 4.78 is 0. The van der Waals surface area contributed by atoms with Gasteiger partial charge in [0.25, 0.3) is 0 Å². The molecule has 2 saturated carbocycles. The highest BCUT2D eigenvalue weighted by atomic mass is 14.6. The number of hydrogen-bond donors (Lipinski definition) is 0. The molecule has 0 radical (unpaired) electrons. The van der Waals surface area contributed by atoms with E-state index >= 15 is 0 Å². The third-order valence-corrected chi connectivity index (χ3v) is 4.30. The van der Waals surface area contributed by atoms with Crippen molar-refractivity contribution in [2.75, 3.05) is 0 Å². The summed E-state index contributed by atoms with van der Waals surface area (Å²) in [6, 6.07) is 0. The lowest BCUT2D eigenvalue weighted by Crippen LogP contribution is -2.39. The minimum absolute atomic E-state index is 0.566. The summed E-state index contributed by atoms with van der Waals surface area (Å²) in [5, 5.41) is 0. The molecule has 0 amide bonds. The van der Waals surface area contributed by atoms with Crippen molar-refractivity contribution in [2.45, 2.75) is 59.3 Å². The van der Waals surface area contributed by atoms with Crippen LogP contribution in [0.1, 0.15) is 59.3 Å². The first kappa shape index (κ1) is 8.59. The van der Waals surface area contributed by atoms with Gasteiger partial charge in [0.05, 0.1) is 0 Å². The minimum atomic E-state index is 0.566. The summed E-state index contributed by atoms with van der Waals surface area (Å²) in [4.78, 5) is 0. The van der Waals surface area contributed by atoms with Crippen LogP contribution in [-0.2, 0) is 0 Å². The van der Waals surface area contributed by atoms with Gasteiger partial charge in [-0.15, -0.1) is 0 Å². The molecule has 0 heteroatoms. The van der Waals surface area contributed by atoms with Crippen LogP contribution in [0.3, 0.4) is 0 Å². The molecule has 0 N–H and O–H groups in total. The lowest BCUT2D eigenvalue weighted by atomic mass is 9.56. The van der Waals surface area contributed by atoms with Gasteiger partial charge < -0.3 is 0 Å². The smallest absolute Gasteiger partial charge is 0.0264 e. The normalized spacial score (nSPS) is 33.8. The van der Waals surface area contributed by atoms with Gasteiger partial charge in [-0.25, -0.2) is 0 Å². The zero-order valence-electron chi connectivity index (χ0n) is 8.82. The molecule has 70 valence electrons. The van der Waals surface area contributed by atoms with E-state index in [4.69, 9.17) is 0 Å². The fourth-order valence-electron chi connectivity index (χ4n) is 3.72. The van der Waals surface area contributed by atoms with Gasteiger partial charge in [0.2, 0.25) is 0 Å². The first-order valence-electron chi connectivity index (χ1n) is 5.55. The van der Waals surface area contributed by atoms with Crippen LogP contribution in [0.25, 0.3) is 0 Å². The van der Waals surface area contributed by atoms with Crippen molar-refractivity contribution in [3.8, 4) is 0 Å². The average Bonchev–Trinajstić information content (AvgIpc) is 2.25. The highest BCUT2D eigenvalue weighted by Crippen LogP contribution is 2.61. The molecule has 2 fully saturated rings. The summed E-state index contributed by atoms with van der Waals surface area (Å²) in [6.45, 7) is 7.30. The monoisotopic (exact) mass is 166 g/mol. The molecule has 0 aromatic heterocycles. The van der Waals surface area contributed by atoms with Crippen LogP contribution < -0.4 is 0 Å². The molecule has 0 saturated heterocycles. The Hall–Kier alpha value is 0. The summed E-state index contributed by atoms with van der Waals surface area (Å²) >= 11 is 0. The fourth-order valence-corrected chi connectivity index (χ4v) is 3.72. The van der Waals surface area contributed by atoms with Crippen molar-refractivity contribution in [2.24, 2.45) is 16.7 Å². The Kier molecular flexibility index (Phi) is 1.79. The molecular formula is C12H22. The SMILES string of the molecule is CC(C)(C)[C@H]1CCCC12CCC2. The summed E-state index contributed by atoms with van der Waals surface area (Å²) in [5.74, 6) is 1.03. The van der Waals surface area contributed by atoms with Gasteiger partial charge >= 0.3 is 0 Å². The predicted molar refractivity (Wildman–Crippen MR) is 53.1 cm³/mol. The first-order chi connectivity index (χ1) is 5.55. The fraction of sp³-hybridized carbons (Fsp3) is 1.00.